The molecule has 1 aromatic carbocycles. The van der Waals surface area contributed by atoms with Crippen LogP contribution in [0.2, 0.25) is 0 Å². The number of ether oxygens (including phenoxy) is 1. The number of nitrogen functional groups attached to an aromatic ring is 1. The number of hydrogen-bond donors (Lipinski definition) is 2. The van der Waals surface area contributed by atoms with Crippen molar-refractivity contribution in [1.29, 1.82) is 0 Å². The van der Waals surface area contributed by atoms with Crippen LogP contribution in [0.4, 0.5) is 5.69 Å². The molecule has 1 saturated heterocycles. The van der Waals surface area contributed by atoms with E-state index in [9.17, 15) is 0 Å². The van der Waals surface area contributed by atoms with Crippen LogP contribution >= 0.6 is 0 Å². The molecular weight excluding hydrogens is 176 g/mol. The van der Waals surface area contributed by atoms with Gasteiger partial charge < -0.3 is 10.2 Å². The first-order chi connectivity index (χ1) is 6.90. The van der Waals surface area contributed by atoms with Crippen LogP contribution in [-0.2, 0) is 4.74 Å². The van der Waals surface area contributed by atoms with E-state index in [0.29, 0.717) is 0 Å². The Morgan fingerprint density at radius 3 is 2.57 bits per heavy atom. The molecule has 0 amide bonds. The van der Waals surface area contributed by atoms with Crippen LogP contribution in [0.3, 0.4) is 0 Å². The number of hydrogen-bond acceptors (Lipinski definition) is 3. The minimum Gasteiger partial charge on any atom is -0.374 e. The molecule has 3 heteroatoms. The zero-order chi connectivity index (χ0) is 9.80. The number of hydrazine groups is 1. The Morgan fingerprint density at radius 1 is 1.21 bits per heavy atom. The zero-order valence-corrected chi connectivity index (χ0v) is 8.20. The number of rotatable bonds is 2. The summed E-state index contributed by atoms with van der Waals surface area (Å²) in [6, 6.07) is 8.11. The monoisotopic (exact) mass is 192 g/mol. The molecule has 1 aliphatic rings. The molecule has 1 fully saturated rings. The van der Waals surface area contributed by atoms with Crippen LogP contribution in [0.5, 0.6) is 0 Å². The van der Waals surface area contributed by atoms with Crippen molar-refractivity contribution in [2.24, 2.45) is 5.84 Å². The van der Waals surface area contributed by atoms with Crippen molar-refractivity contribution in [3.63, 3.8) is 0 Å². The average molecular weight is 192 g/mol. The molecule has 0 radical (unpaired) electrons. The van der Waals surface area contributed by atoms with Crippen molar-refractivity contribution < 1.29 is 4.74 Å². The smallest absolute Gasteiger partial charge is 0.0825 e. The van der Waals surface area contributed by atoms with Crippen LogP contribution in [0.15, 0.2) is 24.3 Å². The molecule has 76 valence electrons. The molecule has 0 bridgehead atoms. The Bertz CT molecular complexity index is 278. The van der Waals surface area contributed by atoms with Gasteiger partial charge >= 0.3 is 0 Å². The predicted octanol–water partition coefficient (Wildman–Crippen LogP) is 2.21. The van der Waals surface area contributed by atoms with Crippen LogP contribution < -0.4 is 11.3 Å². The lowest BCUT2D eigenvalue weighted by Gasteiger charge is -2.22. The van der Waals surface area contributed by atoms with E-state index in [1.54, 1.807) is 0 Å². The van der Waals surface area contributed by atoms with Gasteiger partial charge in [0.05, 0.1) is 6.10 Å². The van der Waals surface area contributed by atoms with E-state index < -0.39 is 0 Å². The van der Waals surface area contributed by atoms with Crippen molar-refractivity contribution in [2.75, 3.05) is 12.0 Å². The van der Waals surface area contributed by atoms with Gasteiger partial charge in [-0.1, -0.05) is 12.1 Å². The lowest BCUT2D eigenvalue weighted by atomic mass is 10.0. The summed E-state index contributed by atoms with van der Waals surface area (Å²) in [6.07, 6.45) is 3.88. The molecule has 3 nitrogen and oxygen atoms in total. The quantitative estimate of drug-likeness (QED) is 0.558. The first-order valence-electron chi connectivity index (χ1n) is 5.08. The topological polar surface area (TPSA) is 47.3 Å². The highest BCUT2D eigenvalue weighted by molar-refractivity contribution is 5.43. The van der Waals surface area contributed by atoms with Crippen molar-refractivity contribution in [3.8, 4) is 0 Å². The summed E-state index contributed by atoms with van der Waals surface area (Å²) in [5.41, 5.74) is 4.80. The molecule has 14 heavy (non-hydrogen) atoms. The van der Waals surface area contributed by atoms with Crippen molar-refractivity contribution in [1.82, 2.24) is 0 Å². The van der Waals surface area contributed by atoms with E-state index in [-0.39, 0.29) is 6.10 Å². The highest BCUT2D eigenvalue weighted by atomic mass is 16.5. The summed E-state index contributed by atoms with van der Waals surface area (Å²) >= 11 is 0. The lowest BCUT2D eigenvalue weighted by Crippen LogP contribution is -2.12. The number of nitrogens with one attached hydrogen (secondary N) is 1. The van der Waals surface area contributed by atoms with Crippen LogP contribution in [0, 0.1) is 0 Å². The summed E-state index contributed by atoms with van der Waals surface area (Å²) in [5, 5.41) is 0. The third-order valence-corrected chi connectivity index (χ3v) is 2.63. The molecule has 1 aromatic rings. The third kappa shape index (κ3) is 2.05. The number of benzene rings is 1. The number of nitrogens with two attached hydrogens (primary N) is 1. The Hall–Kier alpha value is -1.06. The maximum Gasteiger partial charge on any atom is 0.0825 e. The maximum atomic E-state index is 5.69. The van der Waals surface area contributed by atoms with Crippen LogP contribution in [0.1, 0.15) is 30.9 Å². The maximum absolute atomic E-state index is 5.69. The Kier molecular flexibility index (Phi) is 3.01. The van der Waals surface area contributed by atoms with Gasteiger partial charge in [0.2, 0.25) is 0 Å². The summed E-state index contributed by atoms with van der Waals surface area (Å²) in [6.45, 7) is 0.890. The van der Waals surface area contributed by atoms with Gasteiger partial charge in [0.1, 0.15) is 0 Å². The Balaban J connectivity index is 2.07. The molecule has 1 atom stereocenters. The van der Waals surface area contributed by atoms with Crippen molar-refractivity contribution in [3.05, 3.63) is 29.8 Å². The second-order valence-corrected chi connectivity index (χ2v) is 3.62. The first-order valence-corrected chi connectivity index (χ1v) is 5.08. The molecule has 2 rings (SSSR count). The normalized spacial score (nSPS) is 21.9. The van der Waals surface area contributed by atoms with Gasteiger partial charge in [-0.3, -0.25) is 5.84 Å². The first kappa shape index (κ1) is 9.49. The predicted molar refractivity (Wildman–Crippen MR) is 56.8 cm³/mol. The fourth-order valence-corrected chi connectivity index (χ4v) is 1.80. The third-order valence-electron chi connectivity index (χ3n) is 2.63. The molecule has 1 heterocycles. The van der Waals surface area contributed by atoms with Gasteiger partial charge in [-0.05, 0) is 37.0 Å². The standard InChI is InChI=1S/C11H16N2O/c12-13-10-6-4-9(5-7-10)11-3-1-2-8-14-11/h4-7,11,13H,1-3,8,12H2. The SMILES string of the molecule is NNc1ccc(C2CCCCO2)cc1. The molecule has 0 aliphatic carbocycles. The van der Waals surface area contributed by atoms with Crippen molar-refractivity contribution in [2.45, 2.75) is 25.4 Å². The average Bonchev–Trinajstić information content (AvgIpc) is 2.30. The zero-order valence-electron chi connectivity index (χ0n) is 8.20. The molecule has 0 spiro atoms. The Labute approximate surface area is 84.2 Å². The summed E-state index contributed by atoms with van der Waals surface area (Å²) in [7, 11) is 0. The van der Waals surface area contributed by atoms with Gasteiger partial charge in [-0.25, -0.2) is 0 Å². The highest BCUT2D eigenvalue weighted by Gasteiger charge is 2.15. The fraction of sp³-hybridized carbons (Fsp3) is 0.455. The molecule has 1 aliphatic heterocycles. The van der Waals surface area contributed by atoms with Gasteiger partial charge in [-0.15, -0.1) is 0 Å². The summed E-state index contributed by atoms with van der Waals surface area (Å²) < 4.78 is 5.69. The van der Waals surface area contributed by atoms with E-state index in [1.165, 1.54) is 18.4 Å². The minimum absolute atomic E-state index is 0.288. The van der Waals surface area contributed by atoms with Crippen molar-refractivity contribution >= 4 is 5.69 Å². The second kappa shape index (κ2) is 4.44. The fourth-order valence-electron chi connectivity index (χ4n) is 1.80. The molecular formula is C11H16N2O. The van der Waals surface area contributed by atoms with E-state index in [4.69, 9.17) is 10.6 Å². The molecule has 0 aromatic heterocycles. The largest absolute Gasteiger partial charge is 0.374 e. The van der Waals surface area contributed by atoms with Crippen LogP contribution in [-0.4, -0.2) is 6.61 Å². The molecule has 1 unspecified atom stereocenters. The number of anilines is 1. The molecule has 0 saturated carbocycles. The highest BCUT2D eigenvalue weighted by Crippen LogP contribution is 2.28. The second-order valence-electron chi connectivity index (χ2n) is 3.62. The van der Waals surface area contributed by atoms with E-state index in [1.807, 2.05) is 12.1 Å². The summed E-state index contributed by atoms with van der Waals surface area (Å²) in [4.78, 5) is 0. The van der Waals surface area contributed by atoms with Gasteiger partial charge in [0.25, 0.3) is 0 Å². The van der Waals surface area contributed by atoms with E-state index in [0.717, 1.165) is 18.7 Å². The van der Waals surface area contributed by atoms with Crippen LogP contribution in [0.25, 0.3) is 0 Å². The minimum atomic E-state index is 0.288. The van der Waals surface area contributed by atoms with E-state index >= 15 is 0 Å². The van der Waals surface area contributed by atoms with Gasteiger partial charge in [0.15, 0.2) is 0 Å². The summed E-state index contributed by atoms with van der Waals surface area (Å²) in [5.74, 6) is 5.30. The van der Waals surface area contributed by atoms with Gasteiger partial charge in [-0.2, -0.15) is 0 Å². The van der Waals surface area contributed by atoms with Gasteiger partial charge in [0, 0.05) is 12.3 Å². The van der Waals surface area contributed by atoms with E-state index in [2.05, 4.69) is 17.6 Å². The molecule has 3 N–H and O–H groups in total. The lowest BCUT2D eigenvalue weighted by molar-refractivity contribution is 0.0150. The Morgan fingerprint density at radius 2 is 2.00 bits per heavy atom.